The summed E-state index contributed by atoms with van der Waals surface area (Å²) in [5, 5.41) is 3.65. The highest BCUT2D eigenvalue weighted by Gasteiger charge is 2.28. The number of carbonyl (C=O) groups excluding carboxylic acids is 2. The maximum absolute atomic E-state index is 13.5. The Morgan fingerprint density at radius 2 is 1.72 bits per heavy atom. The number of hydrogen-bond donors (Lipinski definition) is 1. The molecule has 0 saturated carbocycles. The Morgan fingerprint density at radius 3 is 2.36 bits per heavy atom. The average Bonchev–Trinajstić information content (AvgIpc) is 2.89. The number of halogens is 2. The number of amides is 2. The second kappa shape index (κ2) is 14.1. The fourth-order valence-corrected chi connectivity index (χ4v) is 5.64. The molecule has 0 spiro atoms. The van der Waals surface area contributed by atoms with E-state index in [1.165, 1.54) is 9.21 Å². The molecule has 0 unspecified atom stereocenters. The lowest BCUT2D eigenvalue weighted by Gasteiger charge is -2.30. The van der Waals surface area contributed by atoms with E-state index in [1.807, 2.05) is 6.92 Å². The number of fused-ring (bicyclic) bond motifs is 1. The molecule has 0 fully saturated rings. The summed E-state index contributed by atoms with van der Waals surface area (Å²) < 4.78 is 37.6. The zero-order valence-electron chi connectivity index (χ0n) is 22.4. The van der Waals surface area contributed by atoms with E-state index < -0.39 is 16.1 Å². The van der Waals surface area contributed by atoms with E-state index in [9.17, 15) is 18.0 Å². The van der Waals surface area contributed by atoms with Gasteiger partial charge in [0, 0.05) is 47.7 Å². The van der Waals surface area contributed by atoms with Gasteiger partial charge in [-0.15, -0.1) is 0 Å². The topological polar surface area (TPSA) is 105 Å². The number of nitrogens with zero attached hydrogens (tertiary/aromatic N) is 2. The fraction of sp³-hybridized carbons (Fsp3) is 0.481. The molecule has 1 aliphatic rings. The van der Waals surface area contributed by atoms with E-state index in [4.69, 9.17) is 32.7 Å². The molecule has 214 valence electrons. The van der Waals surface area contributed by atoms with Crippen LogP contribution in [0, 0.1) is 0 Å². The highest BCUT2D eigenvalue weighted by molar-refractivity contribution is 7.92. The largest absolute Gasteiger partial charge is 0.486 e. The minimum absolute atomic E-state index is 0.00518. The lowest BCUT2D eigenvalue weighted by atomic mass is 10.1. The summed E-state index contributed by atoms with van der Waals surface area (Å²) in [4.78, 5) is 27.8. The van der Waals surface area contributed by atoms with Crippen LogP contribution in [0.1, 0.15) is 45.1 Å². The quantitative estimate of drug-likeness (QED) is 0.336. The van der Waals surface area contributed by atoms with Crippen molar-refractivity contribution in [2.24, 2.45) is 0 Å². The summed E-state index contributed by atoms with van der Waals surface area (Å²) in [5.74, 6) is 0.414. The van der Waals surface area contributed by atoms with Crippen molar-refractivity contribution in [1.29, 1.82) is 0 Å². The Kier molecular flexibility index (Phi) is 11.1. The van der Waals surface area contributed by atoms with Crippen molar-refractivity contribution in [3.8, 4) is 11.5 Å². The normalized spacial score (nSPS) is 13.5. The van der Waals surface area contributed by atoms with E-state index in [0.29, 0.717) is 52.6 Å². The first-order valence-corrected chi connectivity index (χ1v) is 15.5. The third-order valence-electron chi connectivity index (χ3n) is 6.35. The van der Waals surface area contributed by atoms with E-state index in [0.717, 1.165) is 19.1 Å². The highest BCUT2D eigenvalue weighted by Crippen LogP contribution is 2.35. The monoisotopic (exact) mass is 599 g/mol. The first kappa shape index (κ1) is 30.8. The Balaban J connectivity index is 1.75. The lowest BCUT2D eigenvalue weighted by molar-refractivity contribution is -0.140. The molecule has 2 amide bonds. The predicted molar refractivity (Wildman–Crippen MR) is 153 cm³/mol. The molecular formula is C27H35Cl2N3O6S. The highest BCUT2D eigenvalue weighted by atomic mass is 35.5. The van der Waals surface area contributed by atoms with Crippen LogP contribution in [0.2, 0.25) is 10.0 Å². The third kappa shape index (κ3) is 8.40. The fourth-order valence-electron chi connectivity index (χ4n) is 4.16. The number of nitrogens with one attached hydrogen (secondary N) is 1. The van der Waals surface area contributed by atoms with Crippen LogP contribution in [0.5, 0.6) is 11.5 Å². The Morgan fingerprint density at radius 1 is 1.05 bits per heavy atom. The maximum Gasteiger partial charge on any atom is 0.242 e. The average molecular weight is 601 g/mol. The minimum atomic E-state index is -3.65. The van der Waals surface area contributed by atoms with Crippen molar-refractivity contribution in [3.05, 3.63) is 52.0 Å². The summed E-state index contributed by atoms with van der Waals surface area (Å²) in [5.41, 5.74) is 0.953. The lowest BCUT2D eigenvalue weighted by Crippen LogP contribution is -2.48. The number of rotatable bonds is 13. The van der Waals surface area contributed by atoms with Gasteiger partial charge in [0.2, 0.25) is 21.8 Å². The number of carbonyl (C=O) groups is 2. The molecule has 0 radical (unpaired) electrons. The molecule has 1 heterocycles. The number of hydrogen-bond acceptors (Lipinski definition) is 6. The van der Waals surface area contributed by atoms with Crippen molar-refractivity contribution in [2.75, 3.05) is 36.9 Å². The molecule has 3 rings (SSSR count). The summed E-state index contributed by atoms with van der Waals surface area (Å²) in [6.07, 6.45) is 3.08. The molecule has 2 aromatic rings. The molecule has 1 N–H and O–H groups in total. The van der Waals surface area contributed by atoms with Gasteiger partial charge in [-0.1, -0.05) is 42.6 Å². The summed E-state index contributed by atoms with van der Waals surface area (Å²) in [6, 6.07) is 9.20. The van der Waals surface area contributed by atoms with Gasteiger partial charge in [-0.05, 0) is 44.0 Å². The molecule has 1 aliphatic heterocycles. The van der Waals surface area contributed by atoms with Crippen molar-refractivity contribution in [2.45, 2.75) is 52.1 Å². The number of unbranched alkanes of at least 4 members (excludes halogenated alkanes) is 1. The number of ether oxygens (including phenoxy) is 2. The van der Waals surface area contributed by atoms with Crippen LogP contribution in [0.15, 0.2) is 36.4 Å². The Labute approximate surface area is 240 Å². The Hall–Kier alpha value is -2.69. The summed E-state index contributed by atoms with van der Waals surface area (Å²) in [7, 11) is -3.65. The van der Waals surface area contributed by atoms with Crippen molar-refractivity contribution < 1.29 is 27.5 Å². The SMILES string of the molecule is CCCCNC(=O)[C@H](C)N(Cc1c(Cl)cccc1Cl)C(=O)CCCN(c1ccc2c(c1)OCCO2)S(C)(=O)=O. The summed E-state index contributed by atoms with van der Waals surface area (Å²) >= 11 is 12.7. The van der Waals surface area contributed by atoms with Crippen LogP contribution >= 0.6 is 23.2 Å². The standard InChI is InChI=1S/C27H35Cl2N3O6S/c1-4-5-13-30-27(34)19(2)31(18-21-22(28)8-6-9-23(21)29)26(33)10-7-14-32(39(3,35)36)20-11-12-24-25(17-20)38-16-15-37-24/h6,8-9,11-12,17,19H,4-5,7,10,13-16,18H2,1-3H3,(H,30,34)/t19-/m0/s1. The molecular weight excluding hydrogens is 565 g/mol. The summed E-state index contributed by atoms with van der Waals surface area (Å²) in [6.45, 7) is 5.08. The van der Waals surface area contributed by atoms with Gasteiger partial charge < -0.3 is 19.7 Å². The molecule has 2 aromatic carbocycles. The third-order valence-corrected chi connectivity index (χ3v) is 8.26. The Bertz CT molecular complexity index is 1250. The van der Waals surface area contributed by atoms with E-state index in [-0.39, 0.29) is 37.7 Å². The zero-order chi connectivity index (χ0) is 28.6. The minimum Gasteiger partial charge on any atom is -0.486 e. The molecule has 0 aliphatic carbocycles. The van der Waals surface area contributed by atoms with Crippen LogP contribution in [-0.4, -0.2) is 63.7 Å². The predicted octanol–water partition coefficient (Wildman–Crippen LogP) is 4.64. The van der Waals surface area contributed by atoms with Crippen LogP contribution in [0.3, 0.4) is 0 Å². The number of benzene rings is 2. The van der Waals surface area contributed by atoms with Crippen LogP contribution < -0.4 is 19.1 Å². The smallest absolute Gasteiger partial charge is 0.242 e. The first-order valence-electron chi connectivity index (χ1n) is 12.9. The van der Waals surface area contributed by atoms with Crippen LogP contribution in [0.4, 0.5) is 5.69 Å². The molecule has 1 atom stereocenters. The maximum atomic E-state index is 13.5. The first-order chi connectivity index (χ1) is 18.5. The van der Waals surface area contributed by atoms with Gasteiger partial charge in [0.05, 0.1) is 11.9 Å². The number of anilines is 1. The van der Waals surface area contributed by atoms with Gasteiger partial charge in [0.1, 0.15) is 19.3 Å². The van der Waals surface area contributed by atoms with E-state index >= 15 is 0 Å². The van der Waals surface area contributed by atoms with Gasteiger partial charge in [-0.25, -0.2) is 8.42 Å². The second-order valence-electron chi connectivity index (χ2n) is 9.31. The number of sulfonamides is 1. The van der Waals surface area contributed by atoms with Gasteiger partial charge >= 0.3 is 0 Å². The molecule has 12 heteroatoms. The molecule has 0 bridgehead atoms. The molecule has 9 nitrogen and oxygen atoms in total. The van der Waals surface area contributed by atoms with Crippen molar-refractivity contribution in [3.63, 3.8) is 0 Å². The van der Waals surface area contributed by atoms with Crippen LogP contribution in [0.25, 0.3) is 0 Å². The van der Waals surface area contributed by atoms with Crippen molar-refractivity contribution >= 4 is 50.7 Å². The van der Waals surface area contributed by atoms with E-state index in [1.54, 1.807) is 43.3 Å². The van der Waals surface area contributed by atoms with Crippen molar-refractivity contribution in [1.82, 2.24) is 10.2 Å². The van der Waals surface area contributed by atoms with Gasteiger partial charge in [0.25, 0.3) is 0 Å². The van der Waals surface area contributed by atoms with Gasteiger partial charge in [-0.2, -0.15) is 0 Å². The van der Waals surface area contributed by atoms with E-state index in [2.05, 4.69) is 5.32 Å². The molecule has 39 heavy (non-hydrogen) atoms. The van der Waals surface area contributed by atoms with Gasteiger partial charge in [-0.3, -0.25) is 13.9 Å². The zero-order valence-corrected chi connectivity index (χ0v) is 24.7. The second-order valence-corrected chi connectivity index (χ2v) is 12.0. The van der Waals surface area contributed by atoms with Crippen LogP contribution in [-0.2, 0) is 26.2 Å². The van der Waals surface area contributed by atoms with Gasteiger partial charge in [0.15, 0.2) is 11.5 Å². The molecule has 0 aromatic heterocycles. The molecule has 0 saturated heterocycles.